The van der Waals surface area contributed by atoms with Crippen molar-refractivity contribution in [2.45, 2.75) is 38.6 Å². The average molecular weight is 328 g/mol. The van der Waals surface area contributed by atoms with Crippen LogP contribution >= 0.6 is 0 Å². The van der Waals surface area contributed by atoms with Crippen LogP contribution in [0, 0.1) is 5.92 Å². The Balaban J connectivity index is 1.70. The molecule has 1 aliphatic carbocycles. The third kappa shape index (κ3) is 3.59. The van der Waals surface area contributed by atoms with E-state index >= 15 is 0 Å². The minimum absolute atomic E-state index is 0.0194. The van der Waals surface area contributed by atoms with E-state index in [-0.39, 0.29) is 17.5 Å². The molecule has 4 N–H and O–H groups in total. The lowest BCUT2D eigenvalue weighted by molar-refractivity contribution is 0.0942. The molecule has 1 aromatic heterocycles. The number of hydrogen-bond donors (Lipinski definition) is 3. The van der Waals surface area contributed by atoms with Gasteiger partial charge in [-0.2, -0.15) is 5.10 Å². The van der Waals surface area contributed by atoms with E-state index in [1.165, 1.54) is 16.4 Å². The highest BCUT2D eigenvalue weighted by Crippen LogP contribution is 2.31. The minimum atomic E-state index is -0.402. The van der Waals surface area contributed by atoms with Crippen LogP contribution in [-0.4, -0.2) is 33.4 Å². The number of benzene rings is 1. The first kappa shape index (κ1) is 16.5. The topological polar surface area (TPSA) is 93.2 Å². The zero-order valence-electron chi connectivity index (χ0n) is 14.1. The quantitative estimate of drug-likeness (QED) is 0.757. The van der Waals surface area contributed by atoms with Crippen molar-refractivity contribution in [3.05, 3.63) is 41.7 Å². The van der Waals surface area contributed by atoms with Crippen LogP contribution in [0.1, 0.15) is 48.7 Å². The normalized spacial score (nSPS) is 15.5. The Bertz CT molecular complexity index is 717. The van der Waals surface area contributed by atoms with Crippen LogP contribution in [0.3, 0.4) is 0 Å². The van der Waals surface area contributed by atoms with Crippen molar-refractivity contribution in [2.24, 2.45) is 11.7 Å². The molecule has 1 aliphatic rings. The summed E-state index contributed by atoms with van der Waals surface area (Å²) in [5.74, 6) is 0.416. The van der Waals surface area contributed by atoms with E-state index in [0.29, 0.717) is 18.4 Å². The number of aromatic hydroxyl groups is 1. The van der Waals surface area contributed by atoms with Gasteiger partial charge in [-0.05, 0) is 42.4 Å². The van der Waals surface area contributed by atoms with Gasteiger partial charge in [0.05, 0.1) is 11.9 Å². The fourth-order valence-corrected chi connectivity index (χ4v) is 2.66. The van der Waals surface area contributed by atoms with Gasteiger partial charge in [0.15, 0.2) is 11.4 Å². The van der Waals surface area contributed by atoms with Gasteiger partial charge in [-0.1, -0.05) is 26.0 Å². The highest BCUT2D eigenvalue weighted by molar-refractivity contribution is 5.94. The maximum Gasteiger partial charge on any atom is 0.275 e. The van der Waals surface area contributed by atoms with Gasteiger partial charge < -0.3 is 16.2 Å². The number of rotatable bonds is 6. The SMILES string of the molecule is CC(C)c1ccc(-n2cc(O)c(C(=O)NCC(N)C3CC3)n2)cc1. The summed E-state index contributed by atoms with van der Waals surface area (Å²) in [5.41, 5.74) is 8.01. The fraction of sp³-hybridized carbons (Fsp3) is 0.444. The van der Waals surface area contributed by atoms with E-state index in [1.54, 1.807) is 0 Å². The summed E-state index contributed by atoms with van der Waals surface area (Å²) in [7, 11) is 0. The molecule has 1 atom stereocenters. The van der Waals surface area contributed by atoms with E-state index in [0.717, 1.165) is 18.5 Å². The summed E-state index contributed by atoms with van der Waals surface area (Å²) in [6.45, 7) is 4.66. The Kier molecular flexibility index (Phi) is 4.57. The predicted octanol–water partition coefficient (Wildman–Crippen LogP) is 2.17. The molecule has 0 radical (unpaired) electrons. The molecule has 0 saturated heterocycles. The second-order valence-electron chi connectivity index (χ2n) is 6.77. The molecule has 1 heterocycles. The van der Waals surface area contributed by atoms with Crippen LogP contribution < -0.4 is 11.1 Å². The number of amides is 1. The van der Waals surface area contributed by atoms with Crippen LogP contribution in [0.4, 0.5) is 0 Å². The van der Waals surface area contributed by atoms with Gasteiger partial charge in [0, 0.05) is 12.6 Å². The lowest BCUT2D eigenvalue weighted by Crippen LogP contribution is -2.38. The zero-order chi connectivity index (χ0) is 17.3. The molecule has 6 heteroatoms. The third-order valence-corrected chi connectivity index (χ3v) is 4.46. The Hall–Kier alpha value is -2.34. The fourth-order valence-electron chi connectivity index (χ4n) is 2.66. The molecular weight excluding hydrogens is 304 g/mol. The molecule has 2 aromatic rings. The first-order chi connectivity index (χ1) is 11.5. The Morgan fingerprint density at radius 1 is 1.38 bits per heavy atom. The highest BCUT2D eigenvalue weighted by Gasteiger charge is 2.29. The second kappa shape index (κ2) is 6.65. The molecule has 0 bridgehead atoms. The smallest absolute Gasteiger partial charge is 0.275 e. The molecule has 1 fully saturated rings. The van der Waals surface area contributed by atoms with Crippen LogP contribution in [0.5, 0.6) is 5.75 Å². The number of carbonyl (C=O) groups is 1. The summed E-state index contributed by atoms with van der Waals surface area (Å²) >= 11 is 0. The molecule has 1 aromatic carbocycles. The van der Waals surface area contributed by atoms with E-state index in [9.17, 15) is 9.90 Å². The van der Waals surface area contributed by atoms with Crippen LogP contribution in [0.25, 0.3) is 5.69 Å². The van der Waals surface area contributed by atoms with Crippen LogP contribution in [-0.2, 0) is 0 Å². The first-order valence-corrected chi connectivity index (χ1v) is 8.38. The van der Waals surface area contributed by atoms with Crippen molar-refractivity contribution < 1.29 is 9.90 Å². The molecule has 3 rings (SSSR count). The van der Waals surface area contributed by atoms with Gasteiger partial charge in [0.25, 0.3) is 5.91 Å². The van der Waals surface area contributed by atoms with Gasteiger partial charge in [0.1, 0.15) is 0 Å². The van der Waals surface area contributed by atoms with Crippen molar-refractivity contribution in [3.8, 4) is 11.4 Å². The summed E-state index contributed by atoms with van der Waals surface area (Å²) < 4.78 is 1.51. The third-order valence-electron chi connectivity index (χ3n) is 4.46. The number of nitrogens with two attached hydrogens (primary N) is 1. The van der Waals surface area contributed by atoms with Crippen LogP contribution in [0.15, 0.2) is 30.5 Å². The predicted molar refractivity (Wildman–Crippen MR) is 92.4 cm³/mol. The maximum atomic E-state index is 12.2. The lowest BCUT2D eigenvalue weighted by atomic mass is 10.0. The molecule has 0 spiro atoms. The van der Waals surface area contributed by atoms with Gasteiger partial charge in [-0.25, -0.2) is 4.68 Å². The number of nitrogens with one attached hydrogen (secondary N) is 1. The monoisotopic (exact) mass is 328 g/mol. The Morgan fingerprint density at radius 3 is 2.62 bits per heavy atom. The molecule has 0 aliphatic heterocycles. The molecule has 128 valence electrons. The Labute approximate surface area is 141 Å². The number of carbonyl (C=O) groups excluding carboxylic acids is 1. The zero-order valence-corrected chi connectivity index (χ0v) is 14.1. The standard InChI is InChI=1S/C18H24N4O2/c1-11(2)12-5-7-14(8-6-12)22-10-16(23)17(21-22)18(24)20-9-15(19)13-3-4-13/h5-8,10-11,13,15,23H,3-4,9,19H2,1-2H3,(H,20,24). The largest absolute Gasteiger partial charge is 0.504 e. The number of aromatic nitrogens is 2. The summed E-state index contributed by atoms with van der Waals surface area (Å²) in [6, 6.07) is 7.86. The molecule has 1 unspecified atom stereocenters. The van der Waals surface area contributed by atoms with Crippen molar-refractivity contribution in [1.82, 2.24) is 15.1 Å². The molecule has 24 heavy (non-hydrogen) atoms. The van der Waals surface area contributed by atoms with Crippen molar-refractivity contribution in [3.63, 3.8) is 0 Å². The van der Waals surface area contributed by atoms with E-state index in [4.69, 9.17) is 5.73 Å². The first-order valence-electron chi connectivity index (χ1n) is 8.38. The van der Waals surface area contributed by atoms with E-state index in [1.807, 2.05) is 24.3 Å². The van der Waals surface area contributed by atoms with E-state index < -0.39 is 5.91 Å². The van der Waals surface area contributed by atoms with Gasteiger partial charge in [-0.3, -0.25) is 4.79 Å². The molecular formula is C18H24N4O2. The highest BCUT2D eigenvalue weighted by atomic mass is 16.3. The van der Waals surface area contributed by atoms with Gasteiger partial charge >= 0.3 is 0 Å². The second-order valence-corrected chi connectivity index (χ2v) is 6.77. The van der Waals surface area contributed by atoms with E-state index in [2.05, 4.69) is 24.3 Å². The Morgan fingerprint density at radius 2 is 2.04 bits per heavy atom. The molecule has 1 amide bonds. The van der Waals surface area contributed by atoms with Gasteiger partial charge in [0.2, 0.25) is 0 Å². The van der Waals surface area contributed by atoms with Crippen molar-refractivity contribution in [1.29, 1.82) is 0 Å². The lowest BCUT2D eigenvalue weighted by Gasteiger charge is -2.10. The summed E-state index contributed by atoms with van der Waals surface area (Å²) in [5, 5.41) is 17.0. The average Bonchev–Trinajstić information content (AvgIpc) is 3.35. The van der Waals surface area contributed by atoms with Crippen molar-refractivity contribution >= 4 is 5.91 Å². The van der Waals surface area contributed by atoms with Crippen LogP contribution in [0.2, 0.25) is 0 Å². The number of nitrogens with zero attached hydrogens (tertiary/aromatic N) is 2. The summed E-state index contributed by atoms with van der Waals surface area (Å²) in [6.07, 6.45) is 3.70. The summed E-state index contributed by atoms with van der Waals surface area (Å²) in [4.78, 5) is 12.2. The van der Waals surface area contributed by atoms with Gasteiger partial charge in [-0.15, -0.1) is 0 Å². The molecule has 6 nitrogen and oxygen atoms in total. The maximum absolute atomic E-state index is 12.2. The number of hydrogen-bond acceptors (Lipinski definition) is 4. The van der Waals surface area contributed by atoms with Crippen molar-refractivity contribution in [2.75, 3.05) is 6.54 Å². The molecule has 1 saturated carbocycles. The minimum Gasteiger partial charge on any atom is -0.504 e.